The third-order valence-electron chi connectivity index (χ3n) is 2.43. The van der Waals surface area contributed by atoms with Gasteiger partial charge in [-0.05, 0) is 19.4 Å². The zero-order chi connectivity index (χ0) is 16.0. The number of carboxylic acid groups (broad SMARTS) is 1. The van der Waals surface area contributed by atoms with Gasteiger partial charge in [0.25, 0.3) is 0 Å². The summed E-state index contributed by atoms with van der Waals surface area (Å²) in [6, 6.07) is -1.24. The highest BCUT2D eigenvalue weighted by molar-refractivity contribution is 7.90. The van der Waals surface area contributed by atoms with Crippen LogP contribution in [0.5, 0.6) is 0 Å². The SMILES string of the molecule is Cc1nc(/C=C/C(=O)NC(CCS(C)(=O)=O)C(=O)O)cs1. The Morgan fingerprint density at radius 3 is 2.67 bits per heavy atom. The number of sulfone groups is 1. The van der Waals surface area contributed by atoms with Crippen molar-refractivity contribution in [1.82, 2.24) is 10.3 Å². The van der Waals surface area contributed by atoms with Crippen LogP contribution in [0.2, 0.25) is 0 Å². The number of hydrogen-bond acceptors (Lipinski definition) is 6. The molecule has 0 saturated heterocycles. The van der Waals surface area contributed by atoms with Gasteiger partial charge < -0.3 is 10.4 Å². The highest BCUT2D eigenvalue weighted by atomic mass is 32.2. The number of aryl methyl sites for hydroxylation is 1. The van der Waals surface area contributed by atoms with E-state index in [1.54, 1.807) is 5.38 Å². The van der Waals surface area contributed by atoms with Crippen LogP contribution in [0.4, 0.5) is 0 Å². The van der Waals surface area contributed by atoms with E-state index in [9.17, 15) is 18.0 Å². The van der Waals surface area contributed by atoms with Gasteiger partial charge >= 0.3 is 5.97 Å². The Bertz CT molecular complexity index is 648. The molecule has 116 valence electrons. The quantitative estimate of drug-likeness (QED) is 0.702. The molecule has 0 aromatic carbocycles. The lowest BCUT2D eigenvalue weighted by Crippen LogP contribution is -2.41. The summed E-state index contributed by atoms with van der Waals surface area (Å²) in [5.74, 6) is -2.19. The lowest BCUT2D eigenvalue weighted by molar-refractivity contribution is -0.141. The van der Waals surface area contributed by atoms with Gasteiger partial charge in [-0.3, -0.25) is 4.79 Å². The third kappa shape index (κ3) is 7.00. The van der Waals surface area contributed by atoms with E-state index in [-0.39, 0.29) is 12.2 Å². The molecular weight excluding hydrogens is 316 g/mol. The summed E-state index contributed by atoms with van der Waals surface area (Å²) in [6.07, 6.45) is 3.47. The molecule has 0 fully saturated rings. The molecule has 1 amide bonds. The van der Waals surface area contributed by atoms with E-state index in [0.717, 1.165) is 11.3 Å². The van der Waals surface area contributed by atoms with Crippen LogP contribution in [-0.2, 0) is 19.4 Å². The first-order valence-electron chi connectivity index (χ1n) is 5.98. The van der Waals surface area contributed by atoms with Gasteiger partial charge in [-0.1, -0.05) is 0 Å². The third-order valence-corrected chi connectivity index (χ3v) is 4.20. The molecule has 2 N–H and O–H groups in total. The predicted octanol–water partition coefficient (Wildman–Crippen LogP) is 0.469. The van der Waals surface area contributed by atoms with Crippen LogP contribution >= 0.6 is 11.3 Å². The van der Waals surface area contributed by atoms with E-state index < -0.39 is 27.8 Å². The van der Waals surface area contributed by atoms with Crippen LogP contribution in [-0.4, -0.2) is 48.4 Å². The number of aliphatic carboxylic acids is 1. The molecule has 9 heteroatoms. The second-order valence-corrected chi connectivity index (χ2v) is 7.76. The molecule has 0 aliphatic heterocycles. The summed E-state index contributed by atoms with van der Waals surface area (Å²) < 4.78 is 22.1. The zero-order valence-corrected chi connectivity index (χ0v) is 13.2. The van der Waals surface area contributed by atoms with Gasteiger partial charge in [0, 0.05) is 17.7 Å². The Morgan fingerprint density at radius 2 is 2.19 bits per heavy atom. The molecule has 0 spiro atoms. The smallest absolute Gasteiger partial charge is 0.326 e. The van der Waals surface area contributed by atoms with Gasteiger partial charge in [0.05, 0.1) is 16.5 Å². The fraction of sp³-hybridized carbons (Fsp3) is 0.417. The lowest BCUT2D eigenvalue weighted by Gasteiger charge is -2.12. The van der Waals surface area contributed by atoms with Gasteiger partial charge in [-0.25, -0.2) is 18.2 Å². The van der Waals surface area contributed by atoms with Gasteiger partial charge in [0.1, 0.15) is 15.9 Å². The topological polar surface area (TPSA) is 113 Å². The van der Waals surface area contributed by atoms with Crippen molar-refractivity contribution in [3.05, 3.63) is 22.2 Å². The van der Waals surface area contributed by atoms with Crippen LogP contribution in [0.25, 0.3) is 6.08 Å². The summed E-state index contributed by atoms with van der Waals surface area (Å²) in [5.41, 5.74) is 0.607. The molecule has 0 aliphatic rings. The van der Waals surface area contributed by atoms with Gasteiger partial charge in [-0.2, -0.15) is 0 Å². The zero-order valence-electron chi connectivity index (χ0n) is 11.6. The van der Waals surface area contributed by atoms with Crippen LogP contribution in [0.3, 0.4) is 0 Å². The number of carbonyl (C=O) groups excluding carboxylic acids is 1. The van der Waals surface area contributed by atoms with Gasteiger partial charge in [-0.15, -0.1) is 11.3 Å². The summed E-state index contributed by atoms with van der Waals surface area (Å²) in [4.78, 5) is 26.7. The number of amides is 1. The van der Waals surface area contributed by atoms with Crippen molar-refractivity contribution in [3.8, 4) is 0 Å². The van der Waals surface area contributed by atoms with E-state index in [1.807, 2.05) is 6.92 Å². The lowest BCUT2D eigenvalue weighted by atomic mass is 10.2. The van der Waals surface area contributed by atoms with Crippen molar-refractivity contribution in [2.45, 2.75) is 19.4 Å². The average molecular weight is 332 g/mol. The number of aromatic nitrogens is 1. The molecule has 21 heavy (non-hydrogen) atoms. The minimum absolute atomic E-state index is 0.177. The summed E-state index contributed by atoms with van der Waals surface area (Å²) in [5, 5.41) is 13.8. The maximum Gasteiger partial charge on any atom is 0.326 e. The molecular formula is C12H16N2O5S2. The van der Waals surface area contributed by atoms with Crippen molar-refractivity contribution >= 4 is 39.1 Å². The number of nitrogens with zero attached hydrogens (tertiary/aromatic N) is 1. The second kappa shape index (κ2) is 7.32. The summed E-state index contributed by atoms with van der Waals surface area (Å²) >= 11 is 1.43. The van der Waals surface area contributed by atoms with Crippen molar-refractivity contribution in [3.63, 3.8) is 0 Å². The highest BCUT2D eigenvalue weighted by Crippen LogP contribution is 2.09. The highest BCUT2D eigenvalue weighted by Gasteiger charge is 2.20. The first-order chi connectivity index (χ1) is 9.67. The van der Waals surface area contributed by atoms with Crippen molar-refractivity contribution in [2.24, 2.45) is 0 Å². The van der Waals surface area contributed by atoms with E-state index in [4.69, 9.17) is 5.11 Å². The number of hydrogen-bond donors (Lipinski definition) is 2. The largest absolute Gasteiger partial charge is 0.480 e. The normalized spacial score (nSPS) is 13.2. The Labute approximate surface area is 126 Å². The molecule has 0 radical (unpaired) electrons. The van der Waals surface area contributed by atoms with Crippen molar-refractivity contribution in [1.29, 1.82) is 0 Å². The Hall–Kier alpha value is -1.74. The van der Waals surface area contributed by atoms with Gasteiger partial charge in [0.15, 0.2) is 0 Å². The molecule has 0 aliphatic carbocycles. The maximum absolute atomic E-state index is 11.6. The van der Waals surface area contributed by atoms with E-state index in [1.165, 1.54) is 23.5 Å². The number of carbonyl (C=O) groups is 2. The molecule has 7 nitrogen and oxygen atoms in total. The number of thiazole rings is 1. The minimum Gasteiger partial charge on any atom is -0.480 e. The minimum atomic E-state index is -3.28. The van der Waals surface area contributed by atoms with Crippen LogP contribution in [0.1, 0.15) is 17.1 Å². The van der Waals surface area contributed by atoms with E-state index in [0.29, 0.717) is 5.69 Å². The van der Waals surface area contributed by atoms with Crippen LogP contribution < -0.4 is 5.32 Å². The molecule has 1 aromatic heterocycles. The average Bonchev–Trinajstić information content (AvgIpc) is 2.76. The number of nitrogens with one attached hydrogen (secondary N) is 1. The van der Waals surface area contributed by atoms with Crippen LogP contribution in [0.15, 0.2) is 11.5 Å². The first kappa shape index (κ1) is 17.3. The Balaban J connectivity index is 2.60. The first-order valence-corrected chi connectivity index (χ1v) is 8.92. The fourth-order valence-corrected chi connectivity index (χ4v) is 2.67. The summed E-state index contributed by atoms with van der Waals surface area (Å²) in [6.45, 7) is 1.83. The van der Waals surface area contributed by atoms with Gasteiger partial charge in [0.2, 0.25) is 5.91 Å². The second-order valence-electron chi connectivity index (χ2n) is 4.44. The fourth-order valence-electron chi connectivity index (χ4n) is 1.43. The van der Waals surface area contributed by atoms with E-state index >= 15 is 0 Å². The molecule has 0 bridgehead atoms. The Morgan fingerprint density at radius 1 is 1.52 bits per heavy atom. The molecule has 1 heterocycles. The maximum atomic E-state index is 11.6. The molecule has 1 unspecified atom stereocenters. The number of carboxylic acids is 1. The van der Waals surface area contributed by atoms with Crippen molar-refractivity contribution < 1.29 is 23.1 Å². The number of rotatable bonds is 7. The predicted molar refractivity (Wildman–Crippen MR) is 79.8 cm³/mol. The molecule has 0 saturated carbocycles. The molecule has 1 aromatic rings. The van der Waals surface area contributed by atoms with Crippen molar-refractivity contribution in [2.75, 3.05) is 12.0 Å². The standard InChI is InChI=1S/C12H16N2O5S2/c1-8-13-9(7-20-8)3-4-11(15)14-10(12(16)17)5-6-21(2,18)19/h3-4,7,10H,5-6H2,1-2H3,(H,14,15)(H,16,17)/b4-3+. The van der Waals surface area contributed by atoms with E-state index in [2.05, 4.69) is 10.3 Å². The molecule has 1 atom stereocenters. The summed E-state index contributed by atoms with van der Waals surface area (Å²) in [7, 11) is -3.28. The monoisotopic (exact) mass is 332 g/mol. The van der Waals surface area contributed by atoms with Crippen LogP contribution in [0, 0.1) is 6.92 Å². The molecule has 1 rings (SSSR count). The Kier molecular flexibility index (Phi) is 6.03.